The van der Waals surface area contributed by atoms with Crippen molar-refractivity contribution in [2.24, 2.45) is 0 Å². The zero-order valence-corrected chi connectivity index (χ0v) is 54.1. The summed E-state index contributed by atoms with van der Waals surface area (Å²) in [5.74, 6) is -0.0575. The lowest BCUT2D eigenvalue weighted by molar-refractivity contribution is -0.143. The Balaban J connectivity index is 3.41. The standard InChI is InChI=1S/C74H141NO5/c1-3-5-7-9-11-13-15-17-19-21-22-32-35-38-42-46-50-54-58-62-66-72(77)71(70-76)75-73(78)67-63-59-55-51-47-43-39-36-33-30-28-26-24-23-25-27-29-31-34-37-41-45-49-53-57-61-65-69-80-74(79)68-64-60-56-52-48-44-40-20-18-16-14-12-10-8-6-4-2/h20,23-24,40,62,66,71-72,76-77H,3-19,21-22,25-39,41-61,63-65,67-70H2,1-2H3,(H,75,78)/b24-23-,40-20-,66-62+. The van der Waals surface area contributed by atoms with Gasteiger partial charge in [0.15, 0.2) is 0 Å². The number of allylic oxidation sites excluding steroid dienone is 5. The van der Waals surface area contributed by atoms with E-state index < -0.39 is 12.1 Å². The molecule has 6 nitrogen and oxygen atoms in total. The molecule has 6 heteroatoms. The van der Waals surface area contributed by atoms with E-state index in [1.54, 1.807) is 6.08 Å². The van der Waals surface area contributed by atoms with Gasteiger partial charge in [-0.3, -0.25) is 9.59 Å². The van der Waals surface area contributed by atoms with Gasteiger partial charge in [-0.2, -0.15) is 0 Å². The molecule has 0 radical (unpaired) electrons. The third-order valence-electron chi connectivity index (χ3n) is 16.9. The molecule has 2 atom stereocenters. The molecule has 0 aromatic carbocycles. The fourth-order valence-corrected chi connectivity index (χ4v) is 11.3. The van der Waals surface area contributed by atoms with E-state index in [0.29, 0.717) is 19.4 Å². The maximum atomic E-state index is 12.5. The zero-order chi connectivity index (χ0) is 57.8. The summed E-state index contributed by atoms with van der Waals surface area (Å²) in [5.41, 5.74) is 0. The number of nitrogens with one attached hydrogen (secondary N) is 1. The first-order valence-electron chi connectivity index (χ1n) is 36.3. The average molecular weight is 1120 g/mol. The van der Waals surface area contributed by atoms with Crippen LogP contribution in [0.5, 0.6) is 0 Å². The van der Waals surface area contributed by atoms with Gasteiger partial charge in [0, 0.05) is 12.8 Å². The van der Waals surface area contributed by atoms with Crippen molar-refractivity contribution in [1.82, 2.24) is 5.32 Å². The van der Waals surface area contributed by atoms with Crippen LogP contribution in [-0.4, -0.2) is 47.4 Å². The fourth-order valence-electron chi connectivity index (χ4n) is 11.3. The number of aliphatic hydroxyl groups is 2. The van der Waals surface area contributed by atoms with Crippen molar-refractivity contribution in [2.75, 3.05) is 13.2 Å². The topological polar surface area (TPSA) is 95.9 Å². The number of carbonyl (C=O) groups is 2. The lowest BCUT2D eigenvalue weighted by atomic mass is 10.0. The summed E-state index contributed by atoms with van der Waals surface area (Å²) in [6.07, 6.45) is 89.4. The molecule has 3 N–H and O–H groups in total. The van der Waals surface area contributed by atoms with Crippen LogP contribution >= 0.6 is 0 Å². The van der Waals surface area contributed by atoms with E-state index in [4.69, 9.17) is 4.74 Å². The van der Waals surface area contributed by atoms with Gasteiger partial charge in [0.1, 0.15) is 0 Å². The minimum atomic E-state index is -0.846. The Hall–Kier alpha value is -1.92. The van der Waals surface area contributed by atoms with Crippen molar-refractivity contribution in [3.8, 4) is 0 Å². The van der Waals surface area contributed by atoms with Gasteiger partial charge in [-0.05, 0) is 83.5 Å². The van der Waals surface area contributed by atoms with Gasteiger partial charge in [0.05, 0.1) is 25.4 Å². The predicted molar refractivity (Wildman–Crippen MR) is 352 cm³/mol. The largest absolute Gasteiger partial charge is 0.466 e. The number of rotatable bonds is 68. The third kappa shape index (κ3) is 65.2. The maximum absolute atomic E-state index is 12.5. The first-order valence-corrected chi connectivity index (χ1v) is 36.3. The Kier molecular flexibility index (Phi) is 67.9. The zero-order valence-electron chi connectivity index (χ0n) is 54.1. The molecule has 0 aliphatic heterocycles. The molecular formula is C74H141NO5. The van der Waals surface area contributed by atoms with Crippen LogP contribution in [0.3, 0.4) is 0 Å². The van der Waals surface area contributed by atoms with Crippen LogP contribution in [0.15, 0.2) is 36.5 Å². The van der Waals surface area contributed by atoms with Gasteiger partial charge < -0.3 is 20.3 Å². The molecule has 0 spiro atoms. The van der Waals surface area contributed by atoms with Crippen LogP contribution in [0.2, 0.25) is 0 Å². The summed E-state index contributed by atoms with van der Waals surface area (Å²) in [7, 11) is 0. The van der Waals surface area contributed by atoms with E-state index in [1.807, 2.05) is 6.08 Å². The van der Waals surface area contributed by atoms with E-state index in [-0.39, 0.29) is 18.5 Å². The van der Waals surface area contributed by atoms with Crippen molar-refractivity contribution in [3.63, 3.8) is 0 Å². The highest BCUT2D eigenvalue weighted by molar-refractivity contribution is 5.76. The van der Waals surface area contributed by atoms with Crippen molar-refractivity contribution in [2.45, 2.75) is 411 Å². The number of aliphatic hydroxyl groups excluding tert-OH is 2. The van der Waals surface area contributed by atoms with Gasteiger partial charge in [0.25, 0.3) is 0 Å². The van der Waals surface area contributed by atoms with Gasteiger partial charge in [-0.25, -0.2) is 0 Å². The number of hydrogen-bond acceptors (Lipinski definition) is 5. The van der Waals surface area contributed by atoms with E-state index in [9.17, 15) is 19.8 Å². The molecule has 0 saturated heterocycles. The molecule has 0 bridgehead atoms. The molecule has 0 fully saturated rings. The maximum Gasteiger partial charge on any atom is 0.305 e. The number of hydrogen-bond donors (Lipinski definition) is 3. The molecule has 0 rings (SSSR count). The first-order chi connectivity index (χ1) is 39.5. The van der Waals surface area contributed by atoms with Gasteiger partial charge >= 0.3 is 5.97 Å². The van der Waals surface area contributed by atoms with Crippen LogP contribution in [0, 0.1) is 0 Å². The third-order valence-corrected chi connectivity index (χ3v) is 16.9. The van der Waals surface area contributed by atoms with Crippen LogP contribution < -0.4 is 5.32 Å². The van der Waals surface area contributed by atoms with E-state index in [0.717, 1.165) is 44.9 Å². The number of esters is 1. The highest BCUT2D eigenvalue weighted by Crippen LogP contribution is 2.18. The molecule has 80 heavy (non-hydrogen) atoms. The summed E-state index contributed by atoms with van der Waals surface area (Å²) < 4.78 is 5.49. The van der Waals surface area contributed by atoms with Gasteiger partial charge in [0.2, 0.25) is 5.91 Å². The Labute approximate surface area is 500 Å². The molecule has 0 aliphatic rings. The molecule has 0 heterocycles. The number of ether oxygens (including phenoxy) is 1. The molecule has 0 aromatic heterocycles. The number of amides is 1. The lowest BCUT2D eigenvalue weighted by Gasteiger charge is -2.20. The van der Waals surface area contributed by atoms with Crippen molar-refractivity contribution < 1.29 is 24.5 Å². The van der Waals surface area contributed by atoms with Crippen molar-refractivity contribution >= 4 is 11.9 Å². The normalized spacial score (nSPS) is 12.7. The highest BCUT2D eigenvalue weighted by atomic mass is 16.5. The summed E-state index contributed by atoms with van der Waals surface area (Å²) >= 11 is 0. The van der Waals surface area contributed by atoms with Crippen LogP contribution in [0.4, 0.5) is 0 Å². The molecule has 2 unspecified atom stereocenters. The fraction of sp³-hybridized carbons (Fsp3) is 0.892. The predicted octanol–water partition coefficient (Wildman–Crippen LogP) is 23.5. The van der Waals surface area contributed by atoms with E-state index >= 15 is 0 Å². The Morgan fingerprint density at radius 1 is 0.338 bits per heavy atom. The Bertz CT molecular complexity index is 1300. The smallest absolute Gasteiger partial charge is 0.305 e. The summed E-state index contributed by atoms with van der Waals surface area (Å²) in [4.78, 5) is 24.6. The number of carbonyl (C=O) groups excluding carboxylic acids is 2. The Morgan fingerprint density at radius 2 is 0.588 bits per heavy atom. The molecule has 0 saturated carbocycles. The molecule has 0 aromatic rings. The van der Waals surface area contributed by atoms with Gasteiger partial charge in [-0.15, -0.1) is 0 Å². The minimum absolute atomic E-state index is 0.00788. The van der Waals surface area contributed by atoms with Crippen molar-refractivity contribution in [1.29, 1.82) is 0 Å². The second kappa shape index (κ2) is 69.6. The highest BCUT2D eigenvalue weighted by Gasteiger charge is 2.18. The van der Waals surface area contributed by atoms with Crippen LogP contribution in [-0.2, 0) is 14.3 Å². The molecule has 0 aliphatic carbocycles. The Morgan fingerprint density at radius 3 is 0.887 bits per heavy atom. The second-order valence-corrected chi connectivity index (χ2v) is 24.9. The van der Waals surface area contributed by atoms with Crippen molar-refractivity contribution in [3.05, 3.63) is 36.5 Å². The summed E-state index contributed by atoms with van der Waals surface area (Å²) in [6.45, 7) is 4.93. The van der Waals surface area contributed by atoms with Crippen LogP contribution in [0.1, 0.15) is 399 Å². The van der Waals surface area contributed by atoms with Gasteiger partial charge in [-0.1, -0.05) is 339 Å². The molecular weight excluding hydrogens is 983 g/mol. The molecule has 1 amide bonds. The first kappa shape index (κ1) is 78.1. The number of unbranched alkanes of at least 4 members (excludes halogenated alkanes) is 53. The minimum Gasteiger partial charge on any atom is -0.466 e. The summed E-state index contributed by atoms with van der Waals surface area (Å²) in [5, 5.41) is 23.2. The monoisotopic (exact) mass is 1120 g/mol. The summed E-state index contributed by atoms with van der Waals surface area (Å²) in [6, 6.07) is -0.630. The lowest BCUT2D eigenvalue weighted by Crippen LogP contribution is -2.45. The van der Waals surface area contributed by atoms with E-state index in [1.165, 1.54) is 327 Å². The van der Waals surface area contributed by atoms with E-state index in [2.05, 4.69) is 43.5 Å². The molecule has 472 valence electrons. The van der Waals surface area contributed by atoms with Crippen LogP contribution in [0.25, 0.3) is 0 Å². The SMILES string of the molecule is CCCCCCCCC/C=C\CCCCCCCC(=O)OCCCCCCCCCCCCCC/C=C\CCCCCCCCCCCCCC(=O)NC(CO)C(O)/C=C/CCCCCCCCCCCCCCCCCCCC. The quantitative estimate of drug-likeness (QED) is 0.0320. The second-order valence-electron chi connectivity index (χ2n) is 24.9. The average Bonchev–Trinajstić information content (AvgIpc) is 3.46.